The maximum atomic E-state index is 13.8. The molecule has 258 valence electrons. The monoisotopic (exact) mass is 670 g/mol. The predicted molar refractivity (Wildman–Crippen MR) is 179 cm³/mol. The minimum atomic E-state index is -0.807. The number of amides is 3. The Morgan fingerprint density at radius 2 is 1.96 bits per heavy atom. The molecule has 49 heavy (non-hydrogen) atoms. The quantitative estimate of drug-likeness (QED) is 0.268. The van der Waals surface area contributed by atoms with Gasteiger partial charge in [-0.05, 0) is 81.0 Å². The number of ether oxygens (including phenoxy) is 2. The van der Waals surface area contributed by atoms with Crippen LogP contribution >= 0.6 is 0 Å². The van der Waals surface area contributed by atoms with Crippen molar-refractivity contribution in [1.82, 2.24) is 30.3 Å². The Bertz CT molecular complexity index is 1880. The van der Waals surface area contributed by atoms with Gasteiger partial charge in [-0.3, -0.25) is 19.1 Å². The molecule has 1 saturated heterocycles. The van der Waals surface area contributed by atoms with Crippen molar-refractivity contribution in [1.29, 1.82) is 0 Å². The molecular weight excluding hydrogens is 628 g/mol. The summed E-state index contributed by atoms with van der Waals surface area (Å²) in [6, 6.07) is 10.7. The van der Waals surface area contributed by atoms with Crippen LogP contribution in [0.25, 0.3) is 11.5 Å². The fourth-order valence-corrected chi connectivity index (χ4v) is 6.34. The number of oxazole rings is 1. The molecule has 0 radical (unpaired) electrons. The van der Waals surface area contributed by atoms with Crippen molar-refractivity contribution in [2.24, 2.45) is 5.92 Å². The van der Waals surface area contributed by atoms with Crippen LogP contribution < -0.4 is 20.1 Å². The Kier molecular flexibility index (Phi) is 9.61. The first-order valence-electron chi connectivity index (χ1n) is 16.6. The lowest BCUT2D eigenvalue weighted by molar-refractivity contribution is -0.138. The van der Waals surface area contributed by atoms with E-state index in [9.17, 15) is 19.5 Å². The summed E-state index contributed by atoms with van der Waals surface area (Å²) in [5, 5.41) is 21.2. The molecule has 3 amide bonds. The number of hydrogen-bond donors (Lipinski definition) is 3. The molecule has 0 saturated carbocycles. The van der Waals surface area contributed by atoms with Gasteiger partial charge >= 0.3 is 0 Å². The first-order chi connectivity index (χ1) is 23.5. The lowest BCUT2D eigenvalue weighted by Crippen LogP contribution is -2.46. The second kappa shape index (κ2) is 14.0. The van der Waals surface area contributed by atoms with Crippen LogP contribution in [0.3, 0.4) is 0 Å². The molecule has 3 N–H and O–H groups in total. The summed E-state index contributed by atoms with van der Waals surface area (Å²) in [6.07, 6.45) is 1.43. The lowest BCUT2D eigenvalue weighted by Gasteiger charge is -2.24. The molecule has 0 aliphatic carbocycles. The van der Waals surface area contributed by atoms with Crippen molar-refractivity contribution in [3.8, 4) is 34.5 Å². The Morgan fingerprint density at radius 1 is 1.14 bits per heavy atom. The van der Waals surface area contributed by atoms with Crippen molar-refractivity contribution >= 4 is 17.7 Å². The second-order valence-corrected chi connectivity index (χ2v) is 12.9. The number of rotatable bonds is 6. The number of fused-ring (bicyclic) bond motifs is 8. The zero-order valence-corrected chi connectivity index (χ0v) is 28.4. The highest BCUT2D eigenvalue weighted by Crippen LogP contribution is 2.39. The van der Waals surface area contributed by atoms with Gasteiger partial charge in [-0.2, -0.15) is 5.10 Å². The molecule has 2 aromatic carbocycles. The van der Waals surface area contributed by atoms with E-state index in [0.717, 1.165) is 17.7 Å². The van der Waals surface area contributed by atoms with E-state index in [4.69, 9.17) is 13.9 Å². The number of carbonyl (C=O) groups is 3. The van der Waals surface area contributed by atoms with Crippen LogP contribution in [0.5, 0.6) is 23.0 Å². The molecule has 2 aliphatic heterocycles. The van der Waals surface area contributed by atoms with Gasteiger partial charge in [-0.1, -0.05) is 19.9 Å². The van der Waals surface area contributed by atoms with E-state index in [1.165, 1.54) is 13.2 Å². The summed E-state index contributed by atoms with van der Waals surface area (Å²) in [4.78, 5) is 47.1. The average Bonchev–Trinajstić information content (AvgIpc) is 3.79. The normalized spacial score (nSPS) is 18.0. The van der Waals surface area contributed by atoms with Crippen LogP contribution in [-0.4, -0.2) is 68.2 Å². The van der Waals surface area contributed by atoms with Gasteiger partial charge < -0.3 is 34.5 Å². The zero-order chi connectivity index (χ0) is 34.8. The summed E-state index contributed by atoms with van der Waals surface area (Å²) in [6.45, 7) is 8.68. The molecule has 13 nitrogen and oxygen atoms in total. The van der Waals surface area contributed by atoms with Crippen molar-refractivity contribution in [2.75, 3.05) is 13.7 Å². The summed E-state index contributed by atoms with van der Waals surface area (Å²) >= 11 is 0. The molecule has 4 aromatic rings. The second-order valence-electron chi connectivity index (χ2n) is 12.9. The summed E-state index contributed by atoms with van der Waals surface area (Å²) in [5.74, 6) is 1.22. The molecule has 13 heteroatoms. The number of aromatic hydroxyl groups is 1. The van der Waals surface area contributed by atoms with E-state index in [1.54, 1.807) is 46.8 Å². The van der Waals surface area contributed by atoms with E-state index in [1.807, 2.05) is 13.0 Å². The Balaban J connectivity index is 1.28. The number of benzene rings is 2. The zero-order valence-electron chi connectivity index (χ0n) is 28.4. The van der Waals surface area contributed by atoms with Gasteiger partial charge in [-0.15, -0.1) is 0 Å². The number of nitrogens with zero attached hydrogens (tertiary/aromatic N) is 4. The number of methoxy groups -OCH3 is 1. The van der Waals surface area contributed by atoms with Crippen LogP contribution in [0.1, 0.15) is 66.8 Å². The van der Waals surface area contributed by atoms with E-state index < -0.39 is 12.1 Å². The van der Waals surface area contributed by atoms with E-state index in [2.05, 4.69) is 34.6 Å². The van der Waals surface area contributed by atoms with Crippen molar-refractivity contribution in [3.63, 3.8) is 0 Å². The maximum Gasteiger partial charge on any atom is 0.269 e. The number of aromatic nitrogens is 3. The van der Waals surface area contributed by atoms with E-state index in [0.29, 0.717) is 59.0 Å². The van der Waals surface area contributed by atoms with Crippen LogP contribution in [0.4, 0.5) is 0 Å². The van der Waals surface area contributed by atoms with Crippen molar-refractivity contribution < 1.29 is 33.4 Å². The SMILES string of the molecule is CCn1nc(CC(C)C)cc1C(=O)N[C@H]1C[C@H]2C(=O)NCc3nc(oc3C)-c3ccc(OC)c(c3)Oc3cc(ccc3O)CCC(=O)N2C1. The van der Waals surface area contributed by atoms with E-state index in [-0.39, 0.29) is 55.2 Å². The van der Waals surface area contributed by atoms with Gasteiger partial charge in [-0.25, -0.2) is 4.98 Å². The van der Waals surface area contributed by atoms with Crippen molar-refractivity contribution in [2.45, 2.75) is 78.6 Å². The molecule has 6 bridgehead atoms. The highest BCUT2D eigenvalue weighted by molar-refractivity contribution is 5.93. The fraction of sp³-hybridized carbons (Fsp3) is 0.417. The third-order valence-electron chi connectivity index (χ3n) is 8.84. The molecule has 0 unspecified atom stereocenters. The lowest BCUT2D eigenvalue weighted by atomic mass is 10.1. The number of aryl methyl sites for hydroxylation is 3. The summed E-state index contributed by atoms with van der Waals surface area (Å²) in [5.41, 5.74) is 3.18. The predicted octanol–water partition coefficient (Wildman–Crippen LogP) is 4.53. The van der Waals surface area contributed by atoms with Crippen LogP contribution in [0.2, 0.25) is 0 Å². The Morgan fingerprint density at radius 3 is 2.71 bits per heavy atom. The van der Waals surface area contributed by atoms with E-state index >= 15 is 0 Å². The van der Waals surface area contributed by atoms with Gasteiger partial charge in [0.25, 0.3) is 5.91 Å². The molecule has 2 aromatic heterocycles. The Hall–Kier alpha value is -5.33. The van der Waals surface area contributed by atoms with Gasteiger partial charge in [0.2, 0.25) is 17.7 Å². The molecule has 2 atom stereocenters. The highest BCUT2D eigenvalue weighted by atomic mass is 16.5. The summed E-state index contributed by atoms with van der Waals surface area (Å²) < 4.78 is 19.3. The maximum absolute atomic E-state index is 13.8. The van der Waals surface area contributed by atoms with Gasteiger partial charge in [0.15, 0.2) is 23.0 Å². The Labute approximate surface area is 284 Å². The summed E-state index contributed by atoms with van der Waals surface area (Å²) in [7, 11) is 1.52. The van der Waals surface area contributed by atoms with Crippen molar-refractivity contribution in [3.05, 3.63) is 70.9 Å². The minimum Gasteiger partial charge on any atom is -0.504 e. The largest absolute Gasteiger partial charge is 0.504 e. The minimum absolute atomic E-state index is 0.0794. The average molecular weight is 671 g/mol. The first kappa shape index (κ1) is 33.6. The number of nitrogens with one attached hydrogen (secondary N) is 2. The third kappa shape index (κ3) is 7.25. The molecule has 4 heterocycles. The standard InChI is InChI=1S/C36H42N6O7/c1-6-42-28(16-24(40-42)13-20(2)3)35(46)38-25-17-27-34(45)37-18-26-21(4)48-36(39-26)23-9-11-30(47-5)32(15-23)49-31-14-22(7-10-29(31)43)8-12-33(44)41(27)19-25/h7,9-11,14-16,20,25,27,43H,6,8,12-13,17-19H2,1-5H3,(H,37,45)(H,38,46)/t25-,27-/m0/s1. The van der Waals surface area contributed by atoms with Crippen LogP contribution in [-0.2, 0) is 35.5 Å². The third-order valence-corrected chi connectivity index (χ3v) is 8.84. The number of phenolic OH excluding ortho intramolecular Hbond substituents is 1. The van der Waals surface area contributed by atoms with Crippen LogP contribution in [0.15, 0.2) is 46.9 Å². The molecular formula is C36H42N6O7. The first-order valence-corrected chi connectivity index (χ1v) is 16.6. The van der Waals surface area contributed by atoms with Gasteiger partial charge in [0.05, 0.1) is 19.3 Å². The molecule has 2 aliphatic rings. The number of phenols is 1. The number of hydrogen-bond acceptors (Lipinski definition) is 9. The smallest absolute Gasteiger partial charge is 0.269 e. The van der Waals surface area contributed by atoms with Gasteiger partial charge in [0, 0.05) is 31.1 Å². The molecule has 6 rings (SSSR count). The highest BCUT2D eigenvalue weighted by Gasteiger charge is 2.40. The molecule has 1 fully saturated rings. The van der Waals surface area contributed by atoms with Gasteiger partial charge in [0.1, 0.15) is 23.2 Å². The topological polar surface area (TPSA) is 161 Å². The fourth-order valence-electron chi connectivity index (χ4n) is 6.34. The number of carbonyl (C=O) groups excluding carboxylic acids is 3. The molecule has 0 spiro atoms. The van der Waals surface area contributed by atoms with Crippen LogP contribution in [0, 0.1) is 12.8 Å².